The van der Waals surface area contributed by atoms with Crippen molar-refractivity contribution in [2.24, 2.45) is 0 Å². The largest absolute Gasteiger partial charge is 0.401 e. The van der Waals surface area contributed by atoms with Gasteiger partial charge >= 0.3 is 6.18 Å². The van der Waals surface area contributed by atoms with Gasteiger partial charge in [-0.3, -0.25) is 9.88 Å². The lowest BCUT2D eigenvalue weighted by molar-refractivity contribution is -0.147. The van der Waals surface area contributed by atoms with Gasteiger partial charge in [0.2, 0.25) is 0 Å². The molecule has 0 aliphatic carbocycles. The molecule has 0 amide bonds. The zero-order valence-electron chi connectivity index (χ0n) is 12.6. The molecule has 0 spiro atoms. The number of aliphatic hydroxyl groups excluding tert-OH is 1. The van der Waals surface area contributed by atoms with Crippen molar-refractivity contribution in [3.63, 3.8) is 0 Å². The van der Waals surface area contributed by atoms with Gasteiger partial charge in [0.05, 0.1) is 6.54 Å². The molecule has 6 heteroatoms. The summed E-state index contributed by atoms with van der Waals surface area (Å²) in [6, 6.07) is 11.1. The summed E-state index contributed by atoms with van der Waals surface area (Å²) >= 11 is 0. The number of rotatable bonds is 7. The van der Waals surface area contributed by atoms with Crippen LogP contribution in [0.25, 0.3) is 11.1 Å². The van der Waals surface area contributed by atoms with Crippen LogP contribution in [0.2, 0.25) is 0 Å². The van der Waals surface area contributed by atoms with E-state index in [0.717, 1.165) is 16.7 Å². The van der Waals surface area contributed by atoms with Crippen molar-refractivity contribution >= 4 is 0 Å². The van der Waals surface area contributed by atoms with E-state index in [2.05, 4.69) is 4.98 Å². The molecule has 0 unspecified atom stereocenters. The SMILES string of the molecule is OCCCN(Cc1cccc(-c2cccnc2)c1)CC(F)(F)F. The van der Waals surface area contributed by atoms with E-state index in [1.54, 1.807) is 12.4 Å². The highest BCUT2D eigenvalue weighted by molar-refractivity contribution is 5.62. The molecule has 23 heavy (non-hydrogen) atoms. The second-order valence-corrected chi connectivity index (χ2v) is 5.35. The molecule has 0 saturated heterocycles. The fourth-order valence-electron chi connectivity index (χ4n) is 2.40. The number of halogens is 3. The smallest absolute Gasteiger partial charge is 0.396 e. The number of pyridine rings is 1. The van der Waals surface area contributed by atoms with Crippen LogP contribution >= 0.6 is 0 Å². The Morgan fingerprint density at radius 1 is 1.09 bits per heavy atom. The number of hydrogen-bond donors (Lipinski definition) is 1. The fourth-order valence-corrected chi connectivity index (χ4v) is 2.40. The first-order valence-electron chi connectivity index (χ1n) is 7.37. The molecule has 0 radical (unpaired) electrons. The molecule has 2 rings (SSSR count). The van der Waals surface area contributed by atoms with Gasteiger partial charge in [0.1, 0.15) is 0 Å². The van der Waals surface area contributed by atoms with Crippen molar-refractivity contribution < 1.29 is 18.3 Å². The molecule has 1 aromatic heterocycles. The van der Waals surface area contributed by atoms with Gasteiger partial charge in [0.25, 0.3) is 0 Å². The normalized spacial score (nSPS) is 11.9. The van der Waals surface area contributed by atoms with Gasteiger partial charge in [-0.2, -0.15) is 13.2 Å². The highest BCUT2D eigenvalue weighted by atomic mass is 19.4. The van der Waals surface area contributed by atoms with Crippen LogP contribution in [0.1, 0.15) is 12.0 Å². The molecule has 0 aliphatic rings. The van der Waals surface area contributed by atoms with E-state index in [1.165, 1.54) is 4.90 Å². The van der Waals surface area contributed by atoms with E-state index in [0.29, 0.717) is 6.42 Å². The van der Waals surface area contributed by atoms with Crippen molar-refractivity contribution in [2.75, 3.05) is 19.7 Å². The second kappa shape index (κ2) is 8.08. The number of nitrogens with zero attached hydrogens (tertiary/aromatic N) is 2. The average molecular weight is 324 g/mol. The van der Waals surface area contributed by atoms with Crippen LogP contribution in [-0.4, -0.2) is 40.9 Å². The van der Waals surface area contributed by atoms with Gasteiger partial charge in [-0.25, -0.2) is 0 Å². The summed E-state index contributed by atoms with van der Waals surface area (Å²) in [6.07, 6.45) is -0.541. The molecular weight excluding hydrogens is 305 g/mol. The van der Waals surface area contributed by atoms with E-state index < -0.39 is 12.7 Å². The minimum atomic E-state index is -4.25. The number of benzene rings is 1. The Hall–Kier alpha value is -1.92. The average Bonchev–Trinajstić information content (AvgIpc) is 2.52. The van der Waals surface area contributed by atoms with Gasteiger partial charge in [-0.05, 0) is 35.2 Å². The Morgan fingerprint density at radius 2 is 1.87 bits per heavy atom. The molecule has 0 bridgehead atoms. The lowest BCUT2D eigenvalue weighted by Gasteiger charge is -2.23. The van der Waals surface area contributed by atoms with Gasteiger partial charge in [-0.15, -0.1) is 0 Å². The lowest BCUT2D eigenvalue weighted by Crippen LogP contribution is -2.34. The van der Waals surface area contributed by atoms with Crippen LogP contribution in [0.5, 0.6) is 0 Å². The summed E-state index contributed by atoms with van der Waals surface area (Å²) < 4.78 is 38.0. The highest BCUT2D eigenvalue weighted by Crippen LogP contribution is 2.22. The number of aliphatic hydroxyl groups is 1. The number of alkyl halides is 3. The predicted molar refractivity (Wildman–Crippen MR) is 82.7 cm³/mol. The molecule has 0 fully saturated rings. The standard InChI is InChI=1S/C17H19F3N2O/c18-17(19,20)13-22(8-3-9-23)12-14-4-1-5-15(10-14)16-6-2-7-21-11-16/h1-2,4-7,10-11,23H,3,8-9,12-13H2. The van der Waals surface area contributed by atoms with Crippen molar-refractivity contribution in [1.29, 1.82) is 0 Å². The first kappa shape index (κ1) is 17.4. The van der Waals surface area contributed by atoms with Crippen molar-refractivity contribution in [1.82, 2.24) is 9.88 Å². The Labute approximate surface area is 133 Å². The van der Waals surface area contributed by atoms with E-state index >= 15 is 0 Å². The third-order valence-corrected chi connectivity index (χ3v) is 3.36. The molecule has 2 aromatic rings. The van der Waals surface area contributed by atoms with Gasteiger partial charge in [-0.1, -0.05) is 24.3 Å². The van der Waals surface area contributed by atoms with Crippen LogP contribution in [-0.2, 0) is 6.54 Å². The summed E-state index contributed by atoms with van der Waals surface area (Å²) in [5, 5.41) is 8.86. The summed E-state index contributed by atoms with van der Waals surface area (Å²) in [5.74, 6) is 0. The first-order valence-corrected chi connectivity index (χ1v) is 7.37. The minimum absolute atomic E-state index is 0.121. The van der Waals surface area contributed by atoms with Crippen LogP contribution in [0.4, 0.5) is 13.2 Å². The maximum atomic E-state index is 12.7. The molecule has 3 nitrogen and oxygen atoms in total. The van der Waals surface area contributed by atoms with Crippen molar-refractivity contribution in [3.05, 3.63) is 54.4 Å². The maximum absolute atomic E-state index is 12.7. The van der Waals surface area contributed by atoms with Crippen LogP contribution in [0.15, 0.2) is 48.8 Å². The third-order valence-electron chi connectivity index (χ3n) is 3.36. The third kappa shape index (κ3) is 6.00. The summed E-state index contributed by atoms with van der Waals surface area (Å²) in [7, 11) is 0. The van der Waals surface area contributed by atoms with E-state index in [4.69, 9.17) is 5.11 Å². The highest BCUT2D eigenvalue weighted by Gasteiger charge is 2.30. The Bertz CT molecular complexity index is 602. The van der Waals surface area contributed by atoms with Gasteiger partial charge in [0.15, 0.2) is 0 Å². The zero-order valence-corrected chi connectivity index (χ0v) is 12.6. The zero-order chi connectivity index (χ0) is 16.7. The Morgan fingerprint density at radius 3 is 2.52 bits per heavy atom. The monoisotopic (exact) mass is 324 g/mol. The Kier molecular flexibility index (Phi) is 6.12. The quantitative estimate of drug-likeness (QED) is 0.847. The van der Waals surface area contributed by atoms with Crippen molar-refractivity contribution in [3.8, 4) is 11.1 Å². The molecule has 1 aromatic carbocycles. The van der Waals surface area contributed by atoms with Crippen LogP contribution in [0, 0.1) is 0 Å². The lowest BCUT2D eigenvalue weighted by atomic mass is 10.0. The number of hydrogen-bond acceptors (Lipinski definition) is 3. The van der Waals surface area contributed by atoms with E-state index in [-0.39, 0.29) is 19.7 Å². The molecule has 1 N–H and O–H groups in total. The summed E-state index contributed by atoms with van der Waals surface area (Å²) in [4.78, 5) is 5.36. The maximum Gasteiger partial charge on any atom is 0.401 e. The molecule has 0 saturated carbocycles. The molecule has 0 atom stereocenters. The van der Waals surface area contributed by atoms with Gasteiger partial charge in [0, 0.05) is 32.1 Å². The Balaban J connectivity index is 2.13. The summed E-state index contributed by atoms with van der Waals surface area (Å²) in [5.41, 5.74) is 2.64. The molecule has 1 heterocycles. The fraction of sp³-hybridized carbons (Fsp3) is 0.353. The van der Waals surface area contributed by atoms with E-state index in [9.17, 15) is 13.2 Å². The summed E-state index contributed by atoms with van der Waals surface area (Å²) in [6.45, 7) is -0.713. The van der Waals surface area contributed by atoms with Crippen molar-refractivity contribution in [2.45, 2.75) is 19.1 Å². The van der Waals surface area contributed by atoms with Crippen LogP contribution in [0.3, 0.4) is 0 Å². The topological polar surface area (TPSA) is 36.4 Å². The van der Waals surface area contributed by atoms with Gasteiger partial charge < -0.3 is 5.11 Å². The second-order valence-electron chi connectivity index (χ2n) is 5.35. The minimum Gasteiger partial charge on any atom is -0.396 e. The van der Waals surface area contributed by atoms with E-state index in [1.807, 2.05) is 36.4 Å². The first-order chi connectivity index (χ1) is 11.0. The molecule has 124 valence electrons. The number of aromatic nitrogens is 1. The van der Waals surface area contributed by atoms with Crippen LogP contribution < -0.4 is 0 Å². The molecular formula is C17H19F3N2O. The predicted octanol–water partition coefficient (Wildman–Crippen LogP) is 3.50. The molecule has 0 aliphatic heterocycles.